The molecule has 48 heavy (non-hydrogen) atoms. The van der Waals surface area contributed by atoms with Crippen molar-refractivity contribution < 1.29 is 39.2 Å². The van der Waals surface area contributed by atoms with Crippen molar-refractivity contribution in [3.05, 3.63) is 70.3 Å². The van der Waals surface area contributed by atoms with Crippen molar-refractivity contribution in [2.75, 3.05) is 0 Å². The number of rotatable bonds is 3. The first kappa shape index (κ1) is 32.6. The Bertz CT molecular complexity index is 1720. The molecule has 8 heteroatoms. The molecule has 5 aliphatic rings. The van der Waals surface area contributed by atoms with Gasteiger partial charge in [-0.05, 0) is 80.0 Å². The summed E-state index contributed by atoms with van der Waals surface area (Å²) in [6, 6.07) is 10.6. The predicted octanol–water partition coefficient (Wildman–Crippen LogP) is 5.94. The third-order valence-corrected chi connectivity index (χ3v) is 12.1. The quantitative estimate of drug-likeness (QED) is 0.161. The fourth-order valence-corrected chi connectivity index (χ4v) is 9.60. The monoisotopic (exact) mass is 652 g/mol. The minimum atomic E-state index is -1.41. The molecule has 0 saturated heterocycles. The van der Waals surface area contributed by atoms with Gasteiger partial charge in [0.05, 0.1) is 18.9 Å². The molecule has 1 spiro atoms. The largest absolute Gasteiger partial charge is 0.508 e. The normalized spacial score (nSPS) is 32.2. The van der Waals surface area contributed by atoms with Gasteiger partial charge >= 0.3 is 11.9 Å². The summed E-state index contributed by atoms with van der Waals surface area (Å²) in [4.78, 5) is 40.3. The van der Waals surface area contributed by atoms with Crippen molar-refractivity contribution in [2.24, 2.45) is 17.3 Å². The summed E-state index contributed by atoms with van der Waals surface area (Å²) >= 11 is 0. The van der Waals surface area contributed by atoms with Crippen molar-refractivity contribution >= 4 is 17.7 Å². The zero-order valence-electron chi connectivity index (χ0n) is 27.5. The summed E-state index contributed by atoms with van der Waals surface area (Å²) in [5.41, 5.74) is 1.24. The van der Waals surface area contributed by atoms with E-state index in [1.54, 1.807) is 19.1 Å². The number of carbonyl (C=O) groups excluding carboxylic acids is 3. The van der Waals surface area contributed by atoms with E-state index in [0.29, 0.717) is 53.7 Å². The van der Waals surface area contributed by atoms with Crippen LogP contribution in [0.1, 0.15) is 112 Å². The van der Waals surface area contributed by atoms with E-state index in [-0.39, 0.29) is 49.2 Å². The molecule has 0 aromatic heterocycles. The summed E-state index contributed by atoms with van der Waals surface area (Å²) in [6.45, 7) is 1.63. The van der Waals surface area contributed by atoms with E-state index in [9.17, 15) is 29.7 Å². The van der Waals surface area contributed by atoms with Gasteiger partial charge in [0.25, 0.3) is 0 Å². The van der Waals surface area contributed by atoms with Crippen molar-refractivity contribution in [3.63, 3.8) is 0 Å². The van der Waals surface area contributed by atoms with Crippen LogP contribution in [0.15, 0.2) is 48.0 Å². The number of cyclic esters (lactones) is 1. The van der Waals surface area contributed by atoms with Gasteiger partial charge in [0.15, 0.2) is 0 Å². The van der Waals surface area contributed by atoms with Gasteiger partial charge in [-0.15, -0.1) is 0 Å². The summed E-state index contributed by atoms with van der Waals surface area (Å²) in [7, 11) is 0. The van der Waals surface area contributed by atoms with E-state index in [4.69, 9.17) is 9.47 Å². The number of hydrogen-bond acceptors (Lipinski definition) is 8. The molecule has 2 aromatic carbocycles. The number of benzene rings is 2. The molecule has 6 unspecified atom stereocenters. The number of carbonyl (C=O) groups is 3. The highest BCUT2D eigenvalue weighted by Gasteiger charge is 2.61. The van der Waals surface area contributed by atoms with Crippen LogP contribution in [0.4, 0.5) is 0 Å². The summed E-state index contributed by atoms with van der Waals surface area (Å²) in [5, 5.41) is 33.9. The zero-order valence-corrected chi connectivity index (χ0v) is 27.5. The van der Waals surface area contributed by atoms with E-state index >= 15 is 0 Å². The lowest BCUT2D eigenvalue weighted by Gasteiger charge is -2.55. The van der Waals surface area contributed by atoms with Crippen LogP contribution in [-0.4, -0.2) is 44.7 Å². The lowest BCUT2D eigenvalue weighted by molar-refractivity contribution is -0.198. The molecular formula is C40H44O8. The maximum absolute atomic E-state index is 14.2. The molecule has 3 saturated carbocycles. The van der Waals surface area contributed by atoms with E-state index in [0.717, 1.165) is 37.7 Å². The second-order valence-corrected chi connectivity index (χ2v) is 14.5. The Hall–Kier alpha value is -3.93. The highest BCUT2D eigenvalue weighted by atomic mass is 16.6. The molecular weight excluding hydrogens is 608 g/mol. The molecule has 0 amide bonds. The van der Waals surface area contributed by atoms with E-state index in [1.807, 2.05) is 24.3 Å². The predicted molar refractivity (Wildman–Crippen MR) is 177 cm³/mol. The lowest BCUT2D eigenvalue weighted by atomic mass is 9.51. The summed E-state index contributed by atoms with van der Waals surface area (Å²) in [5.74, 6) is 4.90. The van der Waals surface area contributed by atoms with Crippen molar-refractivity contribution in [2.45, 2.75) is 114 Å². The number of Topliss-reactive ketones (excluding diaryl/α,β-unsaturated/α-hetero) is 1. The number of aliphatic hydroxyl groups is 2. The number of ketones is 1. The van der Waals surface area contributed by atoms with Crippen LogP contribution < -0.4 is 4.74 Å². The average molecular weight is 653 g/mol. The Labute approximate surface area is 281 Å². The Morgan fingerprint density at radius 2 is 1.73 bits per heavy atom. The van der Waals surface area contributed by atoms with Crippen molar-refractivity contribution in [3.8, 4) is 23.3 Å². The number of fused-ring (bicyclic) bond motifs is 3. The lowest BCUT2D eigenvalue weighted by Crippen LogP contribution is -2.61. The molecule has 7 rings (SSSR count). The van der Waals surface area contributed by atoms with Crippen LogP contribution in [0.5, 0.6) is 11.5 Å². The molecule has 0 radical (unpaired) electrons. The van der Waals surface area contributed by atoms with Crippen LogP contribution in [0.25, 0.3) is 0 Å². The molecule has 6 atom stereocenters. The van der Waals surface area contributed by atoms with E-state index in [1.165, 1.54) is 6.07 Å². The Morgan fingerprint density at radius 1 is 0.938 bits per heavy atom. The molecule has 252 valence electrons. The zero-order chi connectivity index (χ0) is 33.6. The van der Waals surface area contributed by atoms with Crippen LogP contribution in [0, 0.1) is 29.1 Å². The SMILES string of the molecule is CC=C1CC(c2cccc(CO)c2)C#CC2CC(=O)Oc3cc(O)c(cc32)CC(C2(O)CCCC3C2CCC(=O)C32CCCC2)OC1=O. The molecule has 8 nitrogen and oxygen atoms in total. The minimum absolute atomic E-state index is 0.0157. The van der Waals surface area contributed by atoms with Crippen molar-refractivity contribution in [1.82, 2.24) is 0 Å². The molecule has 2 aromatic rings. The fourth-order valence-electron chi connectivity index (χ4n) is 9.60. The number of phenols is 1. The standard InChI is InChI=1S/C40H44O8/c1-2-25-18-27(26-8-5-7-24(17-26)23-41)10-11-28-21-37(44)47-34-22-33(42)29(19-30(28)34)20-36(48-38(25)45)40(46)16-6-9-31-32(40)12-13-35(43)39(31)14-3-4-15-39/h2,5,7-8,17,19,22,27-28,31-32,36,41-42,46H,3-4,6,9,12-16,18,20-21,23H2,1H3. The highest BCUT2D eigenvalue weighted by molar-refractivity contribution is 5.89. The van der Waals surface area contributed by atoms with Gasteiger partial charge in [-0.25, -0.2) is 4.79 Å². The molecule has 3 N–H and O–H groups in total. The maximum Gasteiger partial charge on any atom is 0.334 e. The number of ether oxygens (including phenoxy) is 2. The molecule has 2 bridgehead atoms. The topological polar surface area (TPSA) is 130 Å². The Morgan fingerprint density at radius 3 is 2.50 bits per heavy atom. The number of hydrogen-bond donors (Lipinski definition) is 3. The number of esters is 2. The van der Waals surface area contributed by atoms with Gasteiger partial charge in [0, 0.05) is 41.4 Å². The smallest absolute Gasteiger partial charge is 0.334 e. The third kappa shape index (κ3) is 5.65. The average Bonchev–Trinajstić information content (AvgIpc) is 3.57. The van der Waals surface area contributed by atoms with Crippen LogP contribution in [-0.2, 0) is 32.1 Å². The molecule has 2 aliphatic heterocycles. The van der Waals surface area contributed by atoms with Gasteiger partial charge in [-0.3, -0.25) is 9.59 Å². The first-order valence-corrected chi connectivity index (χ1v) is 17.5. The van der Waals surface area contributed by atoms with Gasteiger partial charge in [0.1, 0.15) is 29.0 Å². The van der Waals surface area contributed by atoms with Crippen LogP contribution in [0.2, 0.25) is 0 Å². The molecule has 3 fully saturated rings. The van der Waals surface area contributed by atoms with Gasteiger partial charge in [-0.2, -0.15) is 0 Å². The first-order chi connectivity index (χ1) is 23.1. The van der Waals surface area contributed by atoms with Crippen molar-refractivity contribution in [1.29, 1.82) is 0 Å². The number of allylic oxidation sites excluding steroid dienone is 1. The van der Waals surface area contributed by atoms with Gasteiger partial charge in [0.2, 0.25) is 0 Å². The maximum atomic E-state index is 14.2. The fraction of sp³-hybridized carbons (Fsp3) is 0.525. The van der Waals surface area contributed by atoms with Crippen LogP contribution >= 0.6 is 0 Å². The van der Waals surface area contributed by atoms with Gasteiger partial charge < -0.3 is 24.8 Å². The number of aromatic hydroxyl groups is 1. The number of phenolic OH excluding ortho intramolecular Hbond substituents is 1. The van der Waals surface area contributed by atoms with E-state index < -0.39 is 40.9 Å². The third-order valence-electron chi connectivity index (χ3n) is 12.1. The second kappa shape index (κ2) is 12.8. The molecule has 2 heterocycles. The molecule has 3 aliphatic carbocycles. The summed E-state index contributed by atoms with van der Waals surface area (Å²) < 4.78 is 11.9. The number of aliphatic hydroxyl groups excluding tert-OH is 1. The second-order valence-electron chi connectivity index (χ2n) is 14.5. The highest BCUT2D eigenvalue weighted by Crippen LogP contribution is 2.60. The minimum Gasteiger partial charge on any atom is -0.508 e. The Kier molecular flexibility index (Phi) is 8.72. The first-order valence-electron chi connectivity index (χ1n) is 17.5. The Balaban J connectivity index is 1.34. The van der Waals surface area contributed by atoms with E-state index in [2.05, 4.69) is 11.8 Å². The summed E-state index contributed by atoms with van der Waals surface area (Å²) in [6.07, 6.45) is 7.70. The van der Waals surface area contributed by atoms with Crippen LogP contribution in [0.3, 0.4) is 0 Å². The van der Waals surface area contributed by atoms with Gasteiger partial charge in [-0.1, -0.05) is 61.4 Å².